The molecule has 16 aromatic heterocycles. The Morgan fingerprint density at radius 2 is 0.741 bits per heavy atom. The van der Waals surface area contributed by atoms with Gasteiger partial charge in [0.1, 0.15) is 23.3 Å². The number of rotatable bonds is 18. The van der Waals surface area contributed by atoms with Gasteiger partial charge in [0.15, 0.2) is 45.9 Å². The van der Waals surface area contributed by atoms with Crippen LogP contribution in [0.3, 0.4) is 0 Å². The van der Waals surface area contributed by atoms with Crippen LogP contribution in [0.2, 0.25) is 0 Å². The molecule has 3 aliphatic heterocycles. The van der Waals surface area contributed by atoms with Crippen molar-refractivity contribution < 1.29 is 0 Å². The predicted molar refractivity (Wildman–Crippen MR) is 432 cm³/mol. The Labute approximate surface area is 643 Å². The van der Waals surface area contributed by atoms with Gasteiger partial charge in [0, 0.05) is 238 Å². The summed E-state index contributed by atoms with van der Waals surface area (Å²) in [6, 6.07) is 16.4. The standard InChI is InChI=1S/2C20H23N9.C19H21N9.C17H19N9/c1-27-13-14(11-25-27)17-12-24-20-19(23-6-9-29(17)20)26-16-2-5-22-18(10-16)28-7-3-15(21)4-8-28;1-26-7-9-28(10-8-26)18-4-3-16(12-22-18)25-19-20-23-13-17(29(20)6-5-21-19)15-11-24-27(2)14-15;1-26-11-13(9-24-26)16-10-23-19-18(22-5-7-28(16)19)25-15-2-4-21-17(8-15)27-6-3-14(20)12-27;1-25-11-12(8-23-25)14-10-22-17-16(20-6-7-26(14)17)24-13-2-3-15(21-9-13)19-5-4-18/h2,5-6,9-13,15H,3-4,7-8,21H2,1H3,(H,22,23,26);3-6,11-14H,7-10H2,1-2H3,(H,21,25);2,4-5,7-11,14H,3,6,12,20H2,1H3,(H,21,22,25);2-3,6-11H,4-5,18H2,1H3,(H,19,21)(H,20,24)/t;;14-;/m..1./s1. The maximum Gasteiger partial charge on any atom is 0.180 e. The van der Waals surface area contributed by atoms with E-state index in [2.05, 4.69) is 140 Å². The van der Waals surface area contributed by atoms with Crippen LogP contribution in [0.15, 0.2) is 197 Å². The van der Waals surface area contributed by atoms with Crippen molar-refractivity contribution in [3.8, 4) is 45.0 Å². The monoisotopic (exact) mass is 1500 g/mol. The lowest BCUT2D eigenvalue weighted by atomic mass is 10.1. The van der Waals surface area contributed by atoms with Gasteiger partial charge in [0.05, 0.1) is 96.1 Å². The first kappa shape index (κ1) is 72.4. The molecule has 0 spiro atoms. The van der Waals surface area contributed by atoms with Crippen LogP contribution in [0.25, 0.3) is 67.6 Å². The molecule has 19 heterocycles. The van der Waals surface area contributed by atoms with Crippen molar-refractivity contribution in [1.82, 2.24) is 121 Å². The van der Waals surface area contributed by atoms with E-state index in [1.807, 2.05) is 200 Å². The number of hydrogen-bond acceptors (Lipinski definition) is 28. The molecule has 0 aliphatic carbocycles. The van der Waals surface area contributed by atoms with Crippen LogP contribution < -0.4 is 58.5 Å². The second-order valence-corrected chi connectivity index (χ2v) is 27.5. The normalized spacial score (nSPS) is 14.6. The fraction of sp³-hybridized carbons (Fsp3) is 0.263. The molecule has 19 rings (SSSR count). The molecule has 3 saturated heterocycles. The van der Waals surface area contributed by atoms with Crippen molar-refractivity contribution >= 4 is 91.9 Å². The molecule has 0 radical (unpaired) electrons. The van der Waals surface area contributed by atoms with Gasteiger partial charge in [-0.3, -0.25) is 36.3 Å². The Morgan fingerprint density at radius 3 is 1.11 bits per heavy atom. The van der Waals surface area contributed by atoms with Gasteiger partial charge in [-0.1, -0.05) is 0 Å². The van der Waals surface area contributed by atoms with Crippen LogP contribution in [0.1, 0.15) is 19.3 Å². The number of pyridine rings is 4. The van der Waals surface area contributed by atoms with E-state index in [9.17, 15) is 0 Å². The SMILES string of the molecule is CN1CCN(c2ccc(Nc3nccn4c(-c5cnn(C)c5)cnc34)cn2)CC1.Cn1cc(-c2cnc3c(Nc4ccc(NCCN)nc4)nccn23)cn1.Cn1cc(-c2cnc3c(Nc4ccnc(N5CCC(N)CC5)c4)nccn23)cn1.Cn1cc(-c2cnc3c(Nc4ccnc(N5CC[C@@H](N)C5)c4)nccn23)cn1. The van der Waals surface area contributed by atoms with E-state index in [-0.39, 0.29) is 6.04 Å². The van der Waals surface area contributed by atoms with Gasteiger partial charge in [-0.2, -0.15) is 20.4 Å². The molecule has 570 valence electrons. The van der Waals surface area contributed by atoms with Gasteiger partial charge < -0.3 is 63.4 Å². The number of likely N-dealkylation sites (N-methyl/N-ethyl adjacent to an activating group) is 1. The van der Waals surface area contributed by atoms with E-state index in [0.29, 0.717) is 42.4 Å². The number of nitrogens with two attached hydrogens (primary N) is 3. The van der Waals surface area contributed by atoms with E-state index < -0.39 is 0 Å². The molecule has 16 aromatic rings. The van der Waals surface area contributed by atoms with Crippen LogP contribution in [-0.4, -0.2) is 206 Å². The molecule has 0 saturated carbocycles. The summed E-state index contributed by atoms with van der Waals surface area (Å²) in [4.78, 5) is 63.2. The van der Waals surface area contributed by atoms with Gasteiger partial charge in [-0.25, -0.2) is 59.8 Å². The Balaban J connectivity index is 0.000000113. The zero-order valence-electron chi connectivity index (χ0n) is 62.6. The molecule has 11 N–H and O–H groups in total. The highest BCUT2D eigenvalue weighted by Crippen LogP contribution is 2.32. The van der Waals surface area contributed by atoms with Gasteiger partial charge in [0.2, 0.25) is 0 Å². The molecule has 3 fully saturated rings. The summed E-state index contributed by atoms with van der Waals surface area (Å²) < 4.78 is 15.1. The average Bonchev–Trinajstić information content (AvgIpc) is 1.64. The van der Waals surface area contributed by atoms with Gasteiger partial charge >= 0.3 is 0 Å². The highest BCUT2D eigenvalue weighted by molar-refractivity contribution is 5.78. The van der Waals surface area contributed by atoms with Crippen molar-refractivity contribution in [2.45, 2.75) is 31.3 Å². The molecule has 36 nitrogen and oxygen atoms in total. The van der Waals surface area contributed by atoms with Crippen LogP contribution in [0, 0.1) is 0 Å². The minimum Gasteiger partial charge on any atom is -0.369 e. The van der Waals surface area contributed by atoms with E-state index in [0.717, 1.165) is 185 Å². The van der Waals surface area contributed by atoms with Crippen LogP contribution >= 0.6 is 0 Å². The Kier molecular flexibility index (Phi) is 21.0. The summed E-state index contributed by atoms with van der Waals surface area (Å²) in [6.07, 6.45) is 47.3. The summed E-state index contributed by atoms with van der Waals surface area (Å²) in [7, 11) is 9.75. The molecular formula is C76H86N36. The van der Waals surface area contributed by atoms with E-state index >= 15 is 0 Å². The molecule has 3 aliphatic rings. The van der Waals surface area contributed by atoms with Gasteiger partial charge in [-0.15, -0.1) is 0 Å². The number of piperidine rings is 1. The quantitative estimate of drug-likeness (QED) is 0.0408. The smallest absolute Gasteiger partial charge is 0.180 e. The van der Waals surface area contributed by atoms with Gasteiger partial charge in [0.25, 0.3) is 0 Å². The second-order valence-electron chi connectivity index (χ2n) is 27.5. The van der Waals surface area contributed by atoms with Crippen molar-refractivity contribution in [3.05, 3.63) is 197 Å². The lowest BCUT2D eigenvalue weighted by Gasteiger charge is -2.33. The van der Waals surface area contributed by atoms with Crippen molar-refractivity contribution in [2.24, 2.45) is 45.4 Å². The fourth-order valence-corrected chi connectivity index (χ4v) is 13.6. The highest BCUT2D eigenvalue weighted by Gasteiger charge is 2.24. The number of hydrogen-bond donors (Lipinski definition) is 8. The summed E-state index contributed by atoms with van der Waals surface area (Å²) in [5, 5.41) is 33.5. The number of fused-ring (bicyclic) bond motifs is 4. The molecule has 36 heteroatoms. The number of imidazole rings is 4. The molecule has 0 amide bonds. The Morgan fingerprint density at radius 1 is 0.357 bits per heavy atom. The first-order valence-electron chi connectivity index (χ1n) is 36.8. The highest BCUT2D eigenvalue weighted by atomic mass is 15.3. The molecule has 0 aromatic carbocycles. The third-order valence-electron chi connectivity index (χ3n) is 19.5. The van der Waals surface area contributed by atoms with Crippen molar-refractivity contribution in [3.63, 3.8) is 0 Å². The number of aryl methyl sites for hydroxylation is 4. The van der Waals surface area contributed by atoms with Crippen molar-refractivity contribution in [2.75, 3.05) is 114 Å². The molecular weight excluding hydrogens is 1420 g/mol. The predicted octanol–water partition coefficient (Wildman–Crippen LogP) is 7.66. The van der Waals surface area contributed by atoms with Crippen LogP contribution in [0.4, 0.5) is 69.3 Å². The zero-order chi connectivity index (χ0) is 76.6. The maximum absolute atomic E-state index is 6.03. The van der Waals surface area contributed by atoms with E-state index in [1.54, 1.807) is 55.9 Å². The Hall–Kier alpha value is -13.8. The van der Waals surface area contributed by atoms with Crippen LogP contribution in [0.5, 0.6) is 0 Å². The van der Waals surface area contributed by atoms with Crippen molar-refractivity contribution in [1.29, 1.82) is 0 Å². The lowest BCUT2D eigenvalue weighted by molar-refractivity contribution is 0.312. The van der Waals surface area contributed by atoms with E-state index in [4.69, 9.17) is 17.2 Å². The number of anilines is 12. The molecule has 0 bridgehead atoms. The summed E-state index contributed by atoms with van der Waals surface area (Å²) in [5.41, 5.74) is 32.0. The van der Waals surface area contributed by atoms with Gasteiger partial charge in [-0.05, 0) is 62.7 Å². The maximum atomic E-state index is 6.03. The summed E-state index contributed by atoms with van der Waals surface area (Å²) in [6.45, 7) is 9.00. The third kappa shape index (κ3) is 16.3. The third-order valence-corrected chi connectivity index (χ3v) is 19.5. The molecule has 1 atom stereocenters. The molecule has 112 heavy (non-hydrogen) atoms. The van der Waals surface area contributed by atoms with E-state index in [1.165, 1.54) is 0 Å². The minimum atomic E-state index is 0.213. The Bertz CT molecular complexity index is 5830. The summed E-state index contributed by atoms with van der Waals surface area (Å²) in [5.74, 6) is 6.40. The van der Waals surface area contributed by atoms with Crippen LogP contribution in [-0.2, 0) is 28.2 Å². The second kappa shape index (κ2) is 32.5. The first-order chi connectivity index (χ1) is 54.8. The first-order valence-corrected chi connectivity index (χ1v) is 36.8. The number of piperazine rings is 1. The fourth-order valence-electron chi connectivity index (χ4n) is 13.6. The number of nitrogens with one attached hydrogen (secondary N) is 5. The largest absolute Gasteiger partial charge is 0.369 e. The minimum absolute atomic E-state index is 0.213. The zero-order valence-corrected chi connectivity index (χ0v) is 62.6. The number of nitrogens with zero attached hydrogens (tertiary/aromatic N) is 28. The summed E-state index contributed by atoms with van der Waals surface area (Å²) >= 11 is 0. The number of aromatic nitrogens is 24. The topological polar surface area (TPSA) is 395 Å². The lowest BCUT2D eigenvalue weighted by Crippen LogP contribution is -2.44. The molecule has 0 unspecified atom stereocenters. The average molecular weight is 1500 g/mol.